The van der Waals surface area contributed by atoms with E-state index >= 15 is 0 Å². The lowest BCUT2D eigenvalue weighted by molar-refractivity contribution is -0.122. The normalized spacial score (nSPS) is 14.3. The summed E-state index contributed by atoms with van der Waals surface area (Å²) in [6.45, 7) is 4.45. The highest BCUT2D eigenvalue weighted by Gasteiger charge is 2.34. The Bertz CT molecular complexity index is 1370. The van der Waals surface area contributed by atoms with Gasteiger partial charge in [-0.1, -0.05) is 65.7 Å². The average Bonchev–Trinajstić information content (AvgIpc) is 3.16. The molecule has 0 saturated carbocycles. The van der Waals surface area contributed by atoms with Crippen LogP contribution < -0.4 is 9.47 Å². The van der Waals surface area contributed by atoms with Crippen LogP contribution in [0.3, 0.4) is 0 Å². The van der Waals surface area contributed by atoms with Gasteiger partial charge in [0, 0.05) is 27.7 Å². The zero-order valence-corrected chi connectivity index (χ0v) is 23.2. The number of carbonyl (C=O) groups excluding carboxylic acids is 2. The third-order valence-corrected chi connectivity index (χ3v) is 7.48. The van der Waals surface area contributed by atoms with Crippen LogP contribution in [0.4, 0.5) is 4.79 Å². The first-order valence-electron chi connectivity index (χ1n) is 12.1. The smallest absolute Gasteiger partial charge is 0.293 e. The van der Waals surface area contributed by atoms with E-state index in [0.717, 1.165) is 34.9 Å². The number of halogens is 2. The van der Waals surface area contributed by atoms with Gasteiger partial charge < -0.3 is 9.47 Å². The summed E-state index contributed by atoms with van der Waals surface area (Å²) in [6.07, 6.45) is 5.50. The maximum atomic E-state index is 13.0. The number of thioether (sulfide) groups is 1. The molecule has 3 aromatic rings. The molecule has 196 valence electrons. The Morgan fingerprint density at radius 2 is 1.82 bits per heavy atom. The van der Waals surface area contributed by atoms with Gasteiger partial charge in [0.15, 0.2) is 11.5 Å². The number of hydrogen-bond acceptors (Lipinski definition) is 5. The van der Waals surface area contributed by atoms with Crippen molar-refractivity contribution in [1.82, 2.24) is 4.90 Å². The number of ether oxygens (including phenoxy) is 2. The first-order valence-corrected chi connectivity index (χ1v) is 13.6. The van der Waals surface area contributed by atoms with Gasteiger partial charge in [0.25, 0.3) is 11.1 Å². The molecule has 1 aliphatic rings. The van der Waals surface area contributed by atoms with Gasteiger partial charge in [0.1, 0.15) is 6.61 Å². The van der Waals surface area contributed by atoms with Crippen LogP contribution in [0.15, 0.2) is 78.2 Å². The quantitative estimate of drug-likeness (QED) is 0.173. The third-order valence-electron chi connectivity index (χ3n) is 5.99. The Morgan fingerprint density at radius 3 is 2.53 bits per heavy atom. The third kappa shape index (κ3) is 6.81. The van der Waals surface area contributed by atoms with Crippen molar-refractivity contribution in [3.63, 3.8) is 0 Å². The minimum atomic E-state index is -0.282. The van der Waals surface area contributed by atoms with Crippen LogP contribution in [0.1, 0.15) is 28.7 Å². The van der Waals surface area contributed by atoms with Crippen LogP contribution in [0.25, 0.3) is 6.08 Å². The van der Waals surface area contributed by atoms with Crippen LogP contribution in [0, 0.1) is 0 Å². The molecule has 1 heterocycles. The fraction of sp³-hybridized carbons (Fsp3) is 0.200. The minimum absolute atomic E-state index is 0.220. The van der Waals surface area contributed by atoms with Gasteiger partial charge in [-0.2, -0.15) is 0 Å². The molecule has 0 radical (unpaired) electrons. The monoisotopic (exact) mass is 567 g/mol. The SMILES string of the molecule is C=CCc1cc(/C=C2/SC(=O)N(CCCc3ccccc3)C2=O)cc(OC)c1OCc1ccc(Cl)cc1Cl. The Balaban J connectivity index is 1.51. The number of methoxy groups -OCH3 is 1. The first kappa shape index (κ1) is 27.8. The van der Waals surface area contributed by atoms with E-state index in [1.807, 2.05) is 42.5 Å². The highest BCUT2D eigenvalue weighted by Crippen LogP contribution is 2.38. The molecule has 0 aliphatic carbocycles. The van der Waals surface area contributed by atoms with Gasteiger partial charge >= 0.3 is 0 Å². The van der Waals surface area contributed by atoms with Crippen molar-refractivity contribution in [3.8, 4) is 11.5 Å². The lowest BCUT2D eigenvalue weighted by Gasteiger charge is -2.16. The standard InChI is InChI=1S/C30H27Cl2NO4S/c1-3-8-22-15-21(16-26(36-2)28(22)37-19-23-12-13-24(31)18-25(23)32)17-27-29(34)33(30(35)38-27)14-7-11-20-9-5-4-6-10-20/h3-6,9-10,12-13,15-18H,1,7-8,11,14,19H2,2H3/b27-17+. The number of imide groups is 1. The number of allylic oxidation sites excluding steroid dienone is 1. The van der Waals surface area contributed by atoms with E-state index in [0.29, 0.717) is 45.8 Å². The molecule has 0 N–H and O–H groups in total. The average molecular weight is 569 g/mol. The van der Waals surface area contributed by atoms with Crippen molar-refractivity contribution < 1.29 is 19.1 Å². The van der Waals surface area contributed by atoms with Crippen molar-refractivity contribution in [2.75, 3.05) is 13.7 Å². The lowest BCUT2D eigenvalue weighted by atomic mass is 10.0. The number of hydrogen-bond donors (Lipinski definition) is 0. The number of rotatable bonds is 11. The molecule has 0 unspecified atom stereocenters. The molecule has 0 spiro atoms. The van der Waals surface area contributed by atoms with Gasteiger partial charge in [-0.05, 0) is 72.5 Å². The number of nitrogens with zero attached hydrogens (tertiary/aromatic N) is 1. The number of amides is 2. The second-order valence-electron chi connectivity index (χ2n) is 8.65. The molecule has 1 aliphatic heterocycles. The number of aryl methyl sites for hydroxylation is 1. The van der Waals surface area contributed by atoms with Gasteiger partial charge in [-0.15, -0.1) is 6.58 Å². The summed E-state index contributed by atoms with van der Waals surface area (Å²) < 4.78 is 11.8. The predicted octanol–water partition coefficient (Wildman–Crippen LogP) is 7.98. The predicted molar refractivity (Wildman–Crippen MR) is 155 cm³/mol. The second-order valence-corrected chi connectivity index (χ2v) is 10.5. The molecule has 0 atom stereocenters. The Morgan fingerprint density at radius 1 is 1.03 bits per heavy atom. The fourth-order valence-electron chi connectivity index (χ4n) is 4.11. The maximum Gasteiger partial charge on any atom is 0.293 e. The van der Waals surface area contributed by atoms with Gasteiger partial charge in [0.05, 0.1) is 12.0 Å². The molecular formula is C30H27Cl2NO4S. The van der Waals surface area contributed by atoms with Gasteiger partial charge in [0.2, 0.25) is 0 Å². The Kier molecular flexibility index (Phi) is 9.56. The largest absolute Gasteiger partial charge is 0.493 e. The molecule has 0 aromatic heterocycles. The first-order chi connectivity index (χ1) is 18.4. The summed E-state index contributed by atoms with van der Waals surface area (Å²) in [5.41, 5.74) is 3.52. The second kappa shape index (κ2) is 13.1. The highest BCUT2D eigenvalue weighted by atomic mass is 35.5. The molecule has 8 heteroatoms. The van der Waals surface area contributed by atoms with Crippen molar-refractivity contribution in [2.45, 2.75) is 25.9 Å². The van der Waals surface area contributed by atoms with Crippen LogP contribution in [-0.4, -0.2) is 29.7 Å². The van der Waals surface area contributed by atoms with Crippen molar-refractivity contribution in [2.24, 2.45) is 0 Å². The Labute approximate surface area is 237 Å². The fourth-order valence-corrected chi connectivity index (χ4v) is 5.44. The zero-order valence-electron chi connectivity index (χ0n) is 20.9. The molecule has 3 aromatic carbocycles. The van der Waals surface area contributed by atoms with Gasteiger partial charge in [-0.25, -0.2) is 0 Å². The minimum Gasteiger partial charge on any atom is -0.493 e. The summed E-state index contributed by atoms with van der Waals surface area (Å²) in [4.78, 5) is 27.3. The van der Waals surface area contributed by atoms with Crippen LogP contribution in [-0.2, 0) is 24.2 Å². The highest BCUT2D eigenvalue weighted by molar-refractivity contribution is 8.18. The van der Waals surface area contributed by atoms with E-state index in [1.54, 1.807) is 37.5 Å². The van der Waals surface area contributed by atoms with E-state index in [4.69, 9.17) is 32.7 Å². The molecule has 4 rings (SSSR count). The molecule has 0 bridgehead atoms. The van der Waals surface area contributed by atoms with Crippen molar-refractivity contribution >= 4 is 52.2 Å². The molecule has 2 amide bonds. The summed E-state index contributed by atoms with van der Waals surface area (Å²) in [7, 11) is 1.56. The van der Waals surface area contributed by atoms with E-state index < -0.39 is 0 Å². The lowest BCUT2D eigenvalue weighted by Crippen LogP contribution is -2.29. The summed E-state index contributed by atoms with van der Waals surface area (Å²) >= 11 is 13.3. The van der Waals surface area contributed by atoms with E-state index in [1.165, 1.54) is 10.5 Å². The molecule has 1 fully saturated rings. The van der Waals surface area contributed by atoms with E-state index in [2.05, 4.69) is 6.58 Å². The summed E-state index contributed by atoms with van der Waals surface area (Å²) in [5.74, 6) is 0.780. The number of benzene rings is 3. The van der Waals surface area contributed by atoms with Gasteiger partial charge in [-0.3, -0.25) is 14.5 Å². The van der Waals surface area contributed by atoms with Crippen LogP contribution in [0.2, 0.25) is 10.0 Å². The van der Waals surface area contributed by atoms with Crippen LogP contribution in [0.5, 0.6) is 11.5 Å². The molecular weight excluding hydrogens is 541 g/mol. The Hall–Kier alpha value is -3.19. The van der Waals surface area contributed by atoms with Crippen LogP contribution >= 0.6 is 35.0 Å². The summed E-state index contributed by atoms with van der Waals surface area (Å²) in [5, 5.41) is 0.805. The number of carbonyl (C=O) groups is 2. The zero-order chi connectivity index (χ0) is 27.1. The van der Waals surface area contributed by atoms with Crippen molar-refractivity contribution in [3.05, 3.63) is 111 Å². The summed E-state index contributed by atoms with van der Waals surface area (Å²) in [6, 6.07) is 18.9. The van der Waals surface area contributed by atoms with E-state index in [9.17, 15) is 9.59 Å². The topological polar surface area (TPSA) is 55.8 Å². The molecule has 1 saturated heterocycles. The molecule has 38 heavy (non-hydrogen) atoms. The maximum absolute atomic E-state index is 13.0. The van der Waals surface area contributed by atoms with E-state index in [-0.39, 0.29) is 17.8 Å². The van der Waals surface area contributed by atoms with Crippen molar-refractivity contribution in [1.29, 1.82) is 0 Å². The molecule has 5 nitrogen and oxygen atoms in total.